The van der Waals surface area contributed by atoms with Gasteiger partial charge in [0.1, 0.15) is 18.2 Å². The van der Waals surface area contributed by atoms with E-state index in [0.29, 0.717) is 19.0 Å². The Hall–Kier alpha value is -4.59. The van der Waals surface area contributed by atoms with Crippen molar-refractivity contribution in [1.82, 2.24) is 20.3 Å². The van der Waals surface area contributed by atoms with Crippen LogP contribution in [0.1, 0.15) is 36.8 Å². The highest BCUT2D eigenvalue weighted by Gasteiger charge is 2.24. The van der Waals surface area contributed by atoms with Crippen molar-refractivity contribution in [3.63, 3.8) is 0 Å². The first-order valence-electron chi connectivity index (χ1n) is 14.3. The largest absolute Gasteiger partial charge is 0.489 e. The molecule has 0 saturated heterocycles. The van der Waals surface area contributed by atoms with Gasteiger partial charge in [0.2, 0.25) is 11.9 Å². The van der Waals surface area contributed by atoms with Gasteiger partial charge in [0.25, 0.3) is 0 Å². The quantitative estimate of drug-likeness (QED) is 0.214. The molecule has 1 saturated carbocycles. The Balaban J connectivity index is 1.03. The molecule has 1 amide bonds. The summed E-state index contributed by atoms with van der Waals surface area (Å²) in [6.07, 6.45) is 6.00. The molecule has 6 rings (SSSR count). The van der Waals surface area contributed by atoms with Crippen LogP contribution < -0.4 is 20.3 Å². The number of rotatable bonds is 9. The standard InChI is InChI=1S/C33H36N6O2/c1-39(2)32-27-10-6-7-11-30(27)37-33(38-32)36-25-14-12-24(13-15-25)35-31(40)18-23-20-34-29-17-16-26(19-28(23)29)41-21-22-8-4-3-5-9-22/h3-11,16-17,19-20,24-25,34H,12-15,18,21H2,1-2H3,(H,35,40)(H,36,37,38). The van der Waals surface area contributed by atoms with Crippen LogP contribution >= 0.6 is 0 Å². The Kier molecular flexibility index (Phi) is 7.71. The first kappa shape index (κ1) is 26.6. The van der Waals surface area contributed by atoms with Crippen molar-refractivity contribution in [2.24, 2.45) is 0 Å². The number of carbonyl (C=O) groups excluding carboxylic acids is 1. The predicted molar refractivity (Wildman–Crippen MR) is 164 cm³/mol. The van der Waals surface area contributed by atoms with Crippen LogP contribution in [0.15, 0.2) is 79.0 Å². The molecule has 0 radical (unpaired) electrons. The van der Waals surface area contributed by atoms with Gasteiger partial charge in [0, 0.05) is 48.7 Å². The molecule has 2 heterocycles. The average molecular weight is 549 g/mol. The molecular weight excluding hydrogens is 512 g/mol. The van der Waals surface area contributed by atoms with E-state index >= 15 is 0 Å². The molecule has 0 spiro atoms. The summed E-state index contributed by atoms with van der Waals surface area (Å²) < 4.78 is 6.01. The van der Waals surface area contributed by atoms with Crippen LogP contribution in [-0.4, -0.2) is 47.0 Å². The summed E-state index contributed by atoms with van der Waals surface area (Å²) in [6.45, 7) is 0.508. The topological polar surface area (TPSA) is 95.2 Å². The third-order valence-corrected chi connectivity index (χ3v) is 7.77. The van der Waals surface area contributed by atoms with E-state index in [2.05, 4.69) is 21.7 Å². The Bertz CT molecular complexity index is 1640. The molecule has 5 aromatic rings. The smallest absolute Gasteiger partial charge is 0.225 e. The second-order valence-electron chi connectivity index (χ2n) is 11.0. The molecule has 0 unspecified atom stereocenters. The van der Waals surface area contributed by atoms with Crippen molar-refractivity contribution >= 4 is 39.5 Å². The number of fused-ring (bicyclic) bond motifs is 2. The first-order valence-corrected chi connectivity index (χ1v) is 14.3. The molecule has 1 aliphatic carbocycles. The normalized spacial score (nSPS) is 16.9. The third-order valence-electron chi connectivity index (χ3n) is 7.77. The van der Waals surface area contributed by atoms with Crippen LogP contribution in [0.3, 0.4) is 0 Å². The van der Waals surface area contributed by atoms with Gasteiger partial charge in [-0.2, -0.15) is 4.98 Å². The van der Waals surface area contributed by atoms with Gasteiger partial charge in [0.15, 0.2) is 0 Å². The highest BCUT2D eigenvalue weighted by Crippen LogP contribution is 2.27. The average Bonchev–Trinajstić information content (AvgIpc) is 3.38. The molecule has 1 fully saturated rings. The molecule has 0 atom stereocenters. The zero-order chi connectivity index (χ0) is 28.2. The Labute approximate surface area is 240 Å². The van der Waals surface area contributed by atoms with E-state index in [0.717, 1.165) is 70.2 Å². The second kappa shape index (κ2) is 11.9. The van der Waals surface area contributed by atoms with Crippen molar-refractivity contribution in [1.29, 1.82) is 0 Å². The number of nitrogens with one attached hydrogen (secondary N) is 3. The molecule has 41 heavy (non-hydrogen) atoms. The lowest BCUT2D eigenvalue weighted by Gasteiger charge is -2.30. The van der Waals surface area contributed by atoms with Gasteiger partial charge >= 0.3 is 0 Å². The zero-order valence-electron chi connectivity index (χ0n) is 23.6. The minimum atomic E-state index is 0.0476. The second-order valence-corrected chi connectivity index (χ2v) is 11.0. The third kappa shape index (κ3) is 6.27. The first-order chi connectivity index (χ1) is 20.0. The van der Waals surface area contributed by atoms with Crippen LogP contribution in [-0.2, 0) is 17.8 Å². The maximum Gasteiger partial charge on any atom is 0.225 e. The molecule has 3 N–H and O–H groups in total. The Morgan fingerprint density at radius 2 is 1.68 bits per heavy atom. The number of para-hydroxylation sites is 1. The number of hydrogen-bond acceptors (Lipinski definition) is 6. The van der Waals surface area contributed by atoms with Crippen molar-refractivity contribution < 1.29 is 9.53 Å². The molecule has 1 aliphatic rings. The lowest BCUT2D eigenvalue weighted by Crippen LogP contribution is -2.40. The summed E-state index contributed by atoms with van der Waals surface area (Å²) in [6, 6.07) is 24.6. The Morgan fingerprint density at radius 1 is 0.927 bits per heavy atom. The maximum atomic E-state index is 13.0. The van der Waals surface area contributed by atoms with E-state index in [-0.39, 0.29) is 18.0 Å². The van der Waals surface area contributed by atoms with Crippen molar-refractivity contribution in [3.05, 3.63) is 90.1 Å². The fourth-order valence-electron chi connectivity index (χ4n) is 5.62. The van der Waals surface area contributed by atoms with Crippen LogP contribution in [0.2, 0.25) is 0 Å². The summed E-state index contributed by atoms with van der Waals surface area (Å²) in [5.74, 6) is 2.41. The van der Waals surface area contributed by atoms with Gasteiger partial charge in [-0.15, -0.1) is 0 Å². The molecule has 8 heteroatoms. The lowest BCUT2D eigenvalue weighted by molar-refractivity contribution is -0.121. The Morgan fingerprint density at radius 3 is 2.49 bits per heavy atom. The fraction of sp³-hybridized carbons (Fsp3) is 0.303. The molecule has 0 aliphatic heterocycles. The predicted octanol–water partition coefficient (Wildman–Crippen LogP) is 5.84. The molecule has 2 aromatic heterocycles. The van der Waals surface area contributed by atoms with Crippen molar-refractivity contribution in [2.45, 2.75) is 50.8 Å². The lowest BCUT2D eigenvalue weighted by atomic mass is 9.91. The van der Waals surface area contributed by atoms with Gasteiger partial charge in [-0.1, -0.05) is 42.5 Å². The van der Waals surface area contributed by atoms with Crippen molar-refractivity contribution in [2.75, 3.05) is 24.3 Å². The highest BCUT2D eigenvalue weighted by molar-refractivity contribution is 5.91. The van der Waals surface area contributed by atoms with E-state index < -0.39 is 0 Å². The van der Waals surface area contributed by atoms with E-state index in [1.807, 2.05) is 91.9 Å². The number of carbonyl (C=O) groups is 1. The summed E-state index contributed by atoms with van der Waals surface area (Å²) in [5, 5.41) is 8.87. The number of hydrogen-bond donors (Lipinski definition) is 3. The summed E-state index contributed by atoms with van der Waals surface area (Å²) in [4.78, 5) is 27.9. The molecular formula is C33H36N6O2. The van der Waals surface area contributed by atoms with E-state index in [4.69, 9.17) is 14.7 Å². The SMILES string of the molecule is CN(C)c1nc(NC2CCC(NC(=O)Cc3c[nH]c4ccc(OCc5ccccc5)cc34)CC2)nc2ccccc12. The minimum Gasteiger partial charge on any atom is -0.489 e. The van der Waals surface area contributed by atoms with Crippen LogP contribution in [0, 0.1) is 0 Å². The van der Waals surface area contributed by atoms with Gasteiger partial charge in [-0.05, 0) is 67.1 Å². The number of ether oxygens (including phenoxy) is 1. The summed E-state index contributed by atoms with van der Waals surface area (Å²) in [5.41, 5.74) is 4.03. The van der Waals surface area contributed by atoms with Crippen LogP contribution in [0.4, 0.5) is 11.8 Å². The number of benzene rings is 3. The van der Waals surface area contributed by atoms with Gasteiger partial charge in [-0.25, -0.2) is 4.98 Å². The van der Waals surface area contributed by atoms with Crippen LogP contribution in [0.5, 0.6) is 5.75 Å². The maximum absolute atomic E-state index is 13.0. The molecule has 3 aromatic carbocycles. The number of nitrogens with zero attached hydrogens (tertiary/aromatic N) is 3. The van der Waals surface area contributed by atoms with E-state index in [1.165, 1.54) is 0 Å². The summed E-state index contributed by atoms with van der Waals surface area (Å²) >= 11 is 0. The monoisotopic (exact) mass is 548 g/mol. The molecule has 8 nitrogen and oxygen atoms in total. The number of amides is 1. The van der Waals surface area contributed by atoms with E-state index in [1.54, 1.807) is 0 Å². The van der Waals surface area contributed by atoms with Gasteiger partial charge in [0.05, 0.1) is 11.9 Å². The highest BCUT2D eigenvalue weighted by atomic mass is 16.5. The number of aromatic nitrogens is 3. The fourth-order valence-corrected chi connectivity index (χ4v) is 5.62. The molecule has 0 bridgehead atoms. The zero-order valence-corrected chi connectivity index (χ0v) is 23.6. The van der Waals surface area contributed by atoms with Crippen molar-refractivity contribution in [3.8, 4) is 5.75 Å². The molecule has 210 valence electrons. The van der Waals surface area contributed by atoms with E-state index in [9.17, 15) is 4.79 Å². The van der Waals surface area contributed by atoms with Crippen LogP contribution in [0.25, 0.3) is 21.8 Å². The summed E-state index contributed by atoms with van der Waals surface area (Å²) in [7, 11) is 4.00. The number of aromatic amines is 1. The van der Waals surface area contributed by atoms with Gasteiger partial charge < -0.3 is 25.3 Å². The number of H-pyrrole nitrogens is 1. The van der Waals surface area contributed by atoms with Gasteiger partial charge in [-0.3, -0.25) is 4.79 Å². The number of anilines is 2. The minimum absolute atomic E-state index is 0.0476.